The Labute approximate surface area is 451 Å². The number of carbonyl (C=O) groups is 4. The van der Waals surface area contributed by atoms with E-state index in [1.165, 1.54) is 137 Å². The van der Waals surface area contributed by atoms with Crippen molar-refractivity contribution >= 4 is 89.5 Å². The van der Waals surface area contributed by atoms with Crippen LogP contribution in [-0.4, -0.2) is 49.8 Å². The highest BCUT2D eigenvalue weighted by atomic mass is 16.2. The molecule has 8 heteroatoms. The molecule has 76 heavy (non-hydrogen) atoms. The van der Waals surface area contributed by atoms with Gasteiger partial charge in [-0.25, -0.2) is 9.80 Å². The van der Waals surface area contributed by atoms with E-state index >= 15 is 9.59 Å². The Kier molecular flexibility index (Phi) is 16.0. The van der Waals surface area contributed by atoms with Gasteiger partial charge in [0.15, 0.2) is 0 Å². The molecule has 0 aromatic heterocycles. The molecule has 0 unspecified atom stereocenters. The average molecular weight is 1020 g/mol. The highest BCUT2D eigenvalue weighted by molar-refractivity contribution is 6.47. The number of nitrogens with zero attached hydrogens (tertiary/aromatic N) is 4. The maximum Gasteiger partial charge on any atom is 0.266 e. The first-order chi connectivity index (χ1) is 37.4. The predicted molar refractivity (Wildman–Crippen MR) is 317 cm³/mol. The number of fused-ring (bicyclic) bond motifs is 2. The molecule has 2 fully saturated rings. The summed E-state index contributed by atoms with van der Waals surface area (Å²) in [5, 5.41) is 7.06. The van der Waals surface area contributed by atoms with Gasteiger partial charge in [0.05, 0.1) is 22.5 Å². The summed E-state index contributed by atoms with van der Waals surface area (Å²) in [5.74, 6) is -1.23. The number of benzene rings is 7. The number of carbonyl (C=O) groups excluding carboxylic acids is 4. The number of amides is 4. The largest absolute Gasteiger partial charge is 0.371 e. The van der Waals surface area contributed by atoms with Gasteiger partial charge in [-0.3, -0.25) is 19.2 Å². The van der Waals surface area contributed by atoms with Crippen LogP contribution in [0.25, 0.3) is 43.1 Å². The molecule has 7 aromatic rings. The fourth-order valence-electron chi connectivity index (χ4n) is 13.6. The van der Waals surface area contributed by atoms with E-state index in [2.05, 4.69) is 72.2 Å². The van der Waals surface area contributed by atoms with Crippen molar-refractivity contribution in [2.75, 3.05) is 45.8 Å². The zero-order chi connectivity index (χ0) is 52.1. The van der Waals surface area contributed by atoms with Gasteiger partial charge < -0.3 is 9.80 Å². The van der Waals surface area contributed by atoms with Crippen LogP contribution in [0.4, 0.5) is 22.7 Å². The Bertz CT molecular complexity index is 3020. The fourth-order valence-corrected chi connectivity index (χ4v) is 13.6. The maximum absolute atomic E-state index is 15.2. The van der Waals surface area contributed by atoms with E-state index < -0.39 is 0 Å². The SMILES string of the molecule is CCCCCCCCCCCCc1ccc(N2C(=O)c3ccc4c5c(N6CCCC6)cc6c7c(ccc(c8c(N9CCCC9)cc(c3c48)C2=O)c75)C(=O)N(c2ccc(CCCCCCCCCCCC)cc2)C6=O)cc1. The van der Waals surface area contributed by atoms with Crippen molar-refractivity contribution in [3.8, 4) is 0 Å². The summed E-state index contributed by atoms with van der Waals surface area (Å²) >= 11 is 0. The Morgan fingerprint density at radius 1 is 0.329 bits per heavy atom. The molecule has 0 radical (unpaired) electrons. The van der Waals surface area contributed by atoms with Crippen molar-refractivity contribution in [3.63, 3.8) is 0 Å². The molecule has 8 nitrogen and oxygen atoms in total. The average Bonchev–Trinajstić information content (AvgIpc) is 4.32. The van der Waals surface area contributed by atoms with Gasteiger partial charge in [0, 0.05) is 81.0 Å². The summed E-state index contributed by atoms with van der Waals surface area (Å²) in [6.45, 7) is 7.93. The molecule has 396 valence electrons. The monoisotopic (exact) mass is 1020 g/mol. The Balaban J connectivity index is 0.913. The van der Waals surface area contributed by atoms with Crippen LogP contribution in [0.5, 0.6) is 0 Å². The van der Waals surface area contributed by atoms with Crippen LogP contribution in [0.1, 0.15) is 221 Å². The van der Waals surface area contributed by atoms with E-state index in [1.54, 1.807) is 0 Å². The Morgan fingerprint density at radius 3 is 0.987 bits per heavy atom. The number of unbranched alkanes of at least 4 members (excludes halogenated alkanes) is 18. The van der Waals surface area contributed by atoms with Crippen molar-refractivity contribution in [1.29, 1.82) is 0 Å². The molecule has 0 atom stereocenters. The first-order valence-electron chi connectivity index (χ1n) is 30.1. The lowest BCUT2D eigenvalue weighted by atomic mass is 9.80. The summed E-state index contributed by atoms with van der Waals surface area (Å²) in [7, 11) is 0. The van der Waals surface area contributed by atoms with Crippen molar-refractivity contribution < 1.29 is 19.2 Å². The lowest BCUT2D eigenvalue weighted by Crippen LogP contribution is -2.41. The first-order valence-corrected chi connectivity index (χ1v) is 30.1. The van der Waals surface area contributed by atoms with Crippen LogP contribution < -0.4 is 19.6 Å². The second-order valence-corrected chi connectivity index (χ2v) is 22.9. The molecule has 7 aromatic carbocycles. The number of rotatable bonds is 26. The molecule has 0 aliphatic carbocycles. The molecular weight excluding hydrogens is 937 g/mol. The van der Waals surface area contributed by atoms with E-state index in [0.717, 1.165) is 121 Å². The molecule has 4 aliphatic heterocycles. The molecular formula is C68H80N4O4. The molecule has 2 saturated heterocycles. The third-order valence-electron chi connectivity index (χ3n) is 17.7. The number of imide groups is 2. The second kappa shape index (κ2) is 23.5. The van der Waals surface area contributed by atoms with E-state index in [9.17, 15) is 9.59 Å². The van der Waals surface area contributed by atoms with Crippen LogP contribution >= 0.6 is 0 Å². The van der Waals surface area contributed by atoms with Crippen LogP contribution in [0, 0.1) is 0 Å². The van der Waals surface area contributed by atoms with Gasteiger partial charge in [-0.15, -0.1) is 0 Å². The van der Waals surface area contributed by atoms with Crippen molar-refractivity contribution in [3.05, 3.63) is 118 Å². The number of anilines is 4. The number of hydrogen-bond donors (Lipinski definition) is 0. The van der Waals surface area contributed by atoms with Crippen molar-refractivity contribution in [2.24, 2.45) is 0 Å². The molecule has 4 aliphatic rings. The fraction of sp³-hybridized carbons (Fsp3) is 0.471. The summed E-state index contributed by atoms with van der Waals surface area (Å²) in [6.07, 6.45) is 32.1. The third kappa shape index (κ3) is 9.99. The van der Waals surface area contributed by atoms with E-state index in [4.69, 9.17) is 0 Å². The number of aryl methyl sites for hydroxylation is 2. The summed E-state index contributed by atoms with van der Waals surface area (Å²) in [4.78, 5) is 67.8. The van der Waals surface area contributed by atoms with Crippen LogP contribution in [0.2, 0.25) is 0 Å². The molecule has 0 spiro atoms. The van der Waals surface area contributed by atoms with Gasteiger partial charge in [-0.05, 0) is 122 Å². The lowest BCUT2D eigenvalue weighted by molar-refractivity contribution is 0.0877. The van der Waals surface area contributed by atoms with Gasteiger partial charge >= 0.3 is 0 Å². The molecule has 11 rings (SSSR count). The van der Waals surface area contributed by atoms with E-state index in [1.807, 2.05) is 36.4 Å². The zero-order valence-electron chi connectivity index (χ0n) is 45.7. The van der Waals surface area contributed by atoms with E-state index in [-0.39, 0.29) is 23.6 Å². The van der Waals surface area contributed by atoms with Gasteiger partial charge in [-0.1, -0.05) is 166 Å². The number of hydrogen-bond acceptors (Lipinski definition) is 6. The summed E-state index contributed by atoms with van der Waals surface area (Å²) in [5.41, 5.74) is 7.68. The van der Waals surface area contributed by atoms with Crippen LogP contribution in [-0.2, 0) is 12.8 Å². The normalized spacial score (nSPS) is 15.7. The molecule has 0 N–H and O–H groups in total. The predicted octanol–water partition coefficient (Wildman–Crippen LogP) is 17.5. The Morgan fingerprint density at radius 2 is 0.645 bits per heavy atom. The Hall–Kier alpha value is -6.28. The smallest absolute Gasteiger partial charge is 0.266 e. The second-order valence-electron chi connectivity index (χ2n) is 22.9. The minimum absolute atomic E-state index is 0.303. The molecule has 0 saturated carbocycles. The van der Waals surface area contributed by atoms with Crippen LogP contribution in [0.3, 0.4) is 0 Å². The molecule has 4 amide bonds. The minimum atomic E-state index is -0.315. The van der Waals surface area contributed by atoms with Crippen molar-refractivity contribution in [1.82, 2.24) is 0 Å². The van der Waals surface area contributed by atoms with Crippen molar-refractivity contribution in [2.45, 2.75) is 181 Å². The topological polar surface area (TPSA) is 81.2 Å². The molecule has 4 heterocycles. The third-order valence-corrected chi connectivity index (χ3v) is 17.7. The summed E-state index contributed by atoms with van der Waals surface area (Å²) < 4.78 is 0. The van der Waals surface area contributed by atoms with E-state index in [0.29, 0.717) is 44.4 Å². The minimum Gasteiger partial charge on any atom is -0.371 e. The molecule has 0 bridgehead atoms. The van der Waals surface area contributed by atoms with Gasteiger partial charge in [-0.2, -0.15) is 0 Å². The van der Waals surface area contributed by atoms with Gasteiger partial charge in [0.2, 0.25) is 0 Å². The standard InChI is InChI=1S/C68H80N4O4/c1-3-5-7-9-11-13-15-17-19-21-27-47-29-33-49(34-30-47)71-65(73)53-39-37-51-62-58(70-43-25-26-44-70)46-56-60-54(40-38-52(64(60)62)61-57(69-41-23-24-42-69)45-55(67(71)75)59(53)63(51)61)66(74)72(68(56)76)50-35-31-48(32-36-50)28-22-20-18-16-14-12-10-8-6-4-2/h29-40,45-46H,3-28,41-44H2,1-2H3. The zero-order valence-corrected chi connectivity index (χ0v) is 45.7. The van der Waals surface area contributed by atoms with Gasteiger partial charge in [0.1, 0.15) is 0 Å². The maximum atomic E-state index is 15.2. The van der Waals surface area contributed by atoms with Gasteiger partial charge in [0.25, 0.3) is 23.6 Å². The quantitative estimate of drug-likeness (QED) is 0.0233. The highest BCUT2D eigenvalue weighted by Crippen LogP contribution is 2.53. The highest BCUT2D eigenvalue weighted by Gasteiger charge is 2.40. The van der Waals surface area contributed by atoms with Crippen LogP contribution in [0.15, 0.2) is 84.9 Å². The lowest BCUT2D eigenvalue weighted by Gasteiger charge is -2.33. The summed E-state index contributed by atoms with van der Waals surface area (Å²) in [6, 6.07) is 28.3. The first kappa shape index (κ1) is 51.8.